The first kappa shape index (κ1) is 11.2. The van der Waals surface area contributed by atoms with Gasteiger partial charge in [0.1, 0.15) is 0 Å². The van der Waals surface area contributed by atoms with Gasteiger partial charge in [0.25, 0.3) is 0 Å². The zero-order valence-corrected chi connectivity index (χ0v) is 8.53. The molecule has 0 amide bonds. The summed E-state index contributed by atoms with van der Waals surface area (Å²) in [5, 5.41) is 0.0127. The largest absolute Gasteiger partial charge is 0.492 e. The third-order valence-electron chi connectivity index (χ3n) is 1.84. The first-order valence-electron chi connectivity index (χ1n) is 3.96. The Morgan fingerprint density at radius 1 is 1.43 bits per heavy atom. The molecule has 1 aromatic rings. The van der Waals surface area contributed by atoms with Crippen molar-refractivity contribution in [1.82, 2.24) is 0 Å². The monoisotopic (exact) mass is 221 g/mol. The molecular formula is C9H10ClF2NO. The lowest BCUT2D eigenvalue weighted by molar-refractivity contribution is 0.369. The third-order valence-corrected chi connectivity index (χ3v) is 2.12. The van der Waals surface area contributed by atoms with Gasteiger partial charge < -0.3 is 10.5 Å². The summed E-state index contributed by atoms with van der Waals surface area (Å²) < 4.78 is 31.1. The van der Waals surface area contributed by atoms with Gasteiger partial charge in [0.2, 0.25) is 5.82 Å². The molecule has 14 heavy (non-hydrogen) atoms. The number of halogens is 3. The van der Waals surface area contributed by atoms with Gasteiger partial charge in [-0.15, -0.1) is 0 Å². The normalized spacial score (nSPS) is 12.7. The molecule has 0 aliphatic rings. The molecule has 0 heterocycles. The minimum absolute atomic E-state index is 0.0127. The Balaban J connectivity index is 3.40. The van der Waals surface area contributed by atoms with Crippen LogP contribution >= 0.6 is 11.6 Å². The molecule has 0 bridgehead atoms. The van der Waals surface area contributed by atoms with Crippen molar-refractivity contribution in [2.45, 2.75) is 13.0 Å². The van der Waals surface area contributed by atoms with Gasteiger partial charge in [0, 0.05) is 11.6 Å². The fourth-order valence-electron chi connectivity index (χ4n) is 1.12. The zero-order chi connectivity index (χ0) is 10.9. The number of ether oxygens (including phenoxy) is 1. The van der Waals surface area contributed by atoms with E-state index in [1.54, 1.807) is 6.92 Å². The quantitative estimate of drug-likeness (QED) is 0.780. The first-order valence-corrected chi connectivity index (χ1v) is 4.33. The smallest absolute Gasteiger partial charge is 0.202 e. The van der Waals surface area contributed by atoms with E-state index in [1.165, 1.54) is 13.2 Å². The van der Waals surface area contributed by atoms with Gasteiger partial charge in [-0.05, 0) is 13.0 Å². The van der Waals surface area contributed by atoms with Crippen molar-refractivity contribution in [2.75, 3.05) is 7.11 Å². The van der Waals surface area contributed by atoms with Crippen LogP contribution in [0.5, 0.6) is 5.75 Å². The van der Waals surface area contributed by atoms with E-state index in [0.29, 0.717) is 0 Å². The molecule has 0 spiro atoms. The molecule has 2 nitrogen and oxygen atoms in total. The van der Waals surface area contributed by atoms with Gasteiger partial charge in [-0.3, -0.25) is 0 Å². The Hall–Kier alpha value is -0.870. The fraction of sp³-hybridized carbons (Fsp3) is 0.333. The minimum atomic E-state index is -1.10. The van der Waals surface area contributed by atoms with E-state index in [4.69, 9.17) is 17.3 Å². The van der Waals surface area contributed by atoms with E-state index in [-0.39, 0.29) is 16.3 Å². The number of hydrogen-bond acceptors (Lipinski definition) is 2. The van der Waals surface area contributed by atoms with Crippen molar-refractivity contribution >= 4 is 11.6 Å². The number of methoxy groups -OCH3 is 1. The summed E-state index contributed by atoms with van der Waals surface area (Å²) in [5.74, 6) is -2.41. The van der Waals surface area contributed by atoms with Crippen LogP contribution in [0, 0.1) is 11.6 Å². The highest BCUT2D eigenvalue weighted by molar-refractivity contribution is 6.32. The molecule has 1 atom stereocenters. The van der Waals surface area contributed by atoms with Crippen LogP contribution in [-0.4, -0.2) is 7.11 Å². The van der Waals surface area contributed by atoms with Crippen LogP contribution in [0.15, 0.2) is 6.07 Å². The number of rotatable bonds is 2. The SMILES string of the molecule is COc1c(Cl)cc(C(C)N)c(F)c1F. The van der Waals surface area contributed by atoms with Crippen molar-refractivity contribution in [1.29, 1.82) is 0 Å². The van der Waals surface area contributed by atoms with Crippen LogP contribution in [0.25, 0.3) is 0 Å². The Morgan fingerprint density at radius 2 is 2.00 bits per heavy atom. The molecule has 78 valence electrons. The van der Waals surface area contributed by atoms with E-state index in [1.807, 2.05) is 0 Å². The molecule has 0 aliphatic carbocycles. The van der Waals surface area contributed by atoms with E-state index in [9.17, 15) is 8.78 Å². The minimum Gasteiger partial charge on any atom is -0.492 e. The van der Waals surface area contributed by atoms with Crippen LogP contribution in [0.3, 0.4) is 0 Å². The molecule has 0 radical (unpaired) electrons. The fourth-order valence-corrected chi connectivity index (χ4v) is 1.39. The Bertz CT molecular complexity index is 355. The van der Waals surface area contributed by atoms with Crippen molar-refractivity contribution < 1.29 is 13.5 Å². The zero-order valence-electron chi connectivity index (χ0n) is 7.77. The predicted octanol–water partition coefficient (Wildman–Crippen LogP) is 2.65. The topological polar surface area (TPSA) is 35.2 Å². The Kier molecular flexibility index (Phi) is 3.29. The average Bonchev–Trinajstić information content (AvgIpc) is 2.12. The maximum absolute atomic E-state index is 13.3. The van der Waals surface area contributed by atoms with Crippen molar-refractivity contribution in [3.63, 3.8) is 0 Å². The molecule has 5 heteroatoms. The van der Waals surface area contributed by atoms with Crippen LogP contribution in [-0.2, 0) is 0 Å². The second kappa shape index (κ2) is 4.11. The molecule has 0 aliphatic heterocycles. The molecule has 1 rings (SSSR count). The molecule has 1 aromatic carbocycles. The summed E-state index contributed by atoms with van der Waals surface area (Å²) in [7, 11) is 1.22. The van der Waals surface area contributed by atoms with Gasteiger partial charge >= 0.3 is 0 Å². The van der Waals surface area contributed by atoms with Crippen LogP contribution in [0.1, 0.15) is 18.5 Å². The summed E-state index contributed by atoms with van der Waals surface area (Å²) in [6.07, 6.45) is 0. The van der Waals surface area contributed by atoms with Crippen molar-refractivity contribution in [2.24, 2.45) is 5.73 Å². The average molecular weight is 222 g/mol. The second-order valence-electron chi connectivity index (χ2n) is 2.90. The second-order valence-corrected chi connectivity index (χ2v) is 3.30. The van der Waals surface area contributed by atoms with Gasteiger partial charge in [-0.25, -0.2) is 4.39 Å². The molecule has 0 saturated heterocycles. The van der Waals surface area contributed by atoms with Gasteiger partial charge in [0.15, 0.2) is 11.6 Å². The lowest BCUT2D eigenvalue weighted by Crippen LogP contribution is -2.09. The highest BCUT2D eigenvalue weighted by atomic mass is 35.5. The number of nitrogens with two attached hydrogens (primary N) is 1. The summed E-state index contributed by atoms with van der Waals surface area (Å²) >= 11 is 5.66. The molecule has 0 saturated carbocycles. The summed E-state index contributed by atoms with van der Waals surface area (Å²) in [4.78, 5) is 0. The molecule has 1 unspecified atom stereocenters. The molecule has 0 fully saturated rings. The van der Waals surface area contributed by atoms with Gasteiger partial charge in [0.05, 0.1) is 12.1 Å². The van der Waals surface area contributed by atoms with Crippen molar-refractivity contribution in [3.8, 4) is 5.75 Å². The van der Waals surface area contributed by atoms with Gasteiger partial charge in [-0.1, -0.05) is 11.6 Å². The molecule has 0 aromatic heterocycles. The predicted molar refractivity (Wildman–Crippen MR) is 50.5 cm³/mol. The first-order chi connectivity index (χ1) is 6.49. The highest BCUT2D eigenvalue weighted by Gasteiger charge is 2.19. The van der Waals surface area contributed by atoms with E-state index in [0.717, 1.165) is 0 Å². The maximum Gasteiger partial charge on any atom is 0.202 e. The van der Waals surface area contributed by atoms with E-state index < -0.39 is 17.7 Å². The molecule has 2 N–H and O–H groups in total. The van der Waals surface area contributed by atoms with Crippen LogP contribution < -0.4 is 10.5 Å². The highest BCUT2D eigenvalue weighted by Crippen LogP contribution is 2.33. The lowest BCUT2D eigenvalue weighted by atomic mass is 10.1. The van der Waals surface area contributed by atoms with Gasteiger partial charge in [-0.2, -0.15) is 4.39 Å². The van der Waals surface area contributed by atoms with E-state index >= 15 is 0 Å². The standard InChI is InChI=1S/C9H10ClF2NO/c1-4(13)5-3-6(10)9(14-2)8(12)7(5)11/h3-4H,13H2,1-2H3. The molecular weight excluding hydrogens is 212 g/mol. The summed E-state index contributed by atoms with van der Waals surface area (Å²) in [5.41, 5.74) is 5.47. The number of hydrogen-bond donors (Lipinski definition) is 1. The lowest BCUT2D eigenvalue weighted by Gasteiger charge is -2.11. The summed E-state index contributed by atoms with van der Waals surface area (Å²) in [6.45, 7) is 1.54. The third kappa shape index (κ3) is 1.81. The van der Waals surface area contributed by atoms with Crippen molar-refractivity contribution in [3.05, 3.63) is 28.3 Å². The van der Waals surface area contributed by atoms with E-state index in [2.05, 4.69) is 4.74 Å². The van der Waals surface area contributed by atoms with Crippen LogP contribution in [0.2, 0.25) is 5.02 Å². The Morgan fingerprint density at radius 3 is 2.43 bits per heavy atom. The summed E-state index contributed by atoms with van der Waals surface area (Å²) in [6, 6.07) is 0.650. The number of benzene rings is 1. The van der Waals surface area contributed by atoms with Crippen LogP contribution in [0.4, 0.5) is 8.78 Å². The Labute approximate surface area is 85.6 Å². The maximum atomic E-state index is 13.3.